The van der Waals surface area contributed by atoms with Crippen LogP contribution in [0.1, 0.15) is 51.9 Å². The minimum Gasteiger partial charge on any atom is -0.326 e. The number of carbonyl (C=O) groups is 2. The van der Waals surface area contributed by atoms with Crippen molar-refractivity contribution >= 4 is 44.2 Å². The van der Waals surface area contributed by atoms with Crippen molar-refractivity contribution in [3.8, 4) is 0 Å². The van der Waals surface area contributed by atoms with Gasteiger partial charge in [0, 0.05) is 12.6 Å². The Morgan fingerprint density at radius 3 is 2.89 bits per heavy atom. The molecule has 3 aliphatic carbocycles. The Morgan fingerprint density at radius 1 is 1.19 bits per heavy atom. The molecule has 0 saturated heterocycles. The van der Waals surface area contributed by atoms with Crippen LogP contribution in [0.5, 0.6) is 0 Å². The van der Waals surface area contributed by atoms with Crippen molar-refractivity contribution in [1.82, 2.24) is 4.98 Å². The summed E-state index contributed by atoms with van der Waals surface area (Å²) < 4.78 is 0.971. The number of anilines is 2. The second-order valence-electron chi connectivity index (χ2n) is 8.78. The lowest BCUT2D eigenvalue weighted by atomic mass is 9.67. The van der Waals surface area contributed by atoms with E-state index in [0.717, 1.165) is 52.9 Å². The maximum atomic E-state index is 13.3. The van der Waals surface area contributed by atoms with Gasteiger partial charge in [0.2, 0.25) is 11.8 Å². The van der Waals surface area contributed by atoms with Crippen molar-refractivity contribution in [2.45, 2.75) is 51.9 Å². The molecular formula is C21H25N3O2S. The molecule has 5 rings (SSSR count). The van der Waals surface area contributed by atoms with Gasteiger partial charge in [0.1, 0.15) is 0 Å². The van der Waals surface area contributed by atoms with E-state index in [1.807, 2.05) is 18.2 Å². The van der Waals surface area contributed by atoms with E-state index in [0.29, 0.717) is 5.13 Å². The molecule has 6 heteroatoms. The summed E-state index contributed by atoms with van der Waals surface area (Å²) in [7, 11) is 0. The zero-order valence-corrected chi connectivity index (χ0v) is 16.4. The minimum atomic E-state index is -0.164. The Labute approximate surface area is 162 Å². The first-order valence-corrected chi connectivity index (χ1v) is 10.8. The lowest BCUT2D eigenvalue weighted by Crippen LogP contribution is -2.40. The molecule has 1 aromatic carbocycles. The van der Waals surface area contributed by atoms with Gasteiger partial charge in [0.25, 0.3) is 0 Å². The van der Waals surface area contributed by atoms with E-state index in [2.05, 4.69) is 15.6 Å². The lowest BCUT2D eigenvalue weighted by molar-refractivity contribution is -0.129. The molecule has 2 amide bonds. The largest absolute Gasteiger partial charge is 0.326 e. The third-order valence-electron chi connectivity index (χ3n) is 6.91. The van der Waals surface area contributed by atoms with E-state index < -0.39 is 0 Å². The average Bonchev–Trinajstić information content (AvgIpc) is 3.09. The van der Waals surface area contributed by atoms with Gasteiger partial charge in [-0.25, -0.2) is 4.98 Å². The van der Waals surface area contributed by atoms with Crippen molar-refractivity contribution in [3.05, 3.63) is 18.2 Å². The summed E-state index contributed by atoms with van der Waals surface area (Å²) >= 11 is 1.43. The molecule has 2 aromatic rings. The smallest absolute Gasteiger partial charge is 0.230 e. The summed E-state index contributed by atoms with van der Waals surface area (Å²) in [6.07, 6.45) is 8.38. The molecule has 0 radical (unpaired) electrons. The van der Waals surface area contributed by atoms with Gasteiger partial charge in [-0.2, -0.15) is 0 Å². The second-order valence-corrected chi connectivity index (χ2v) is 9.81. The predicted molar refractivity (Wildman–Crippen MR) is 108 cm³/mol. The van der Waals surface area contributed by atoms with Crippen LogP contribution >= 0.6 is 11.3 Å². The van der Waals surface area contributed by atoms with Crippen LogP contribution in [0.3, 0.4) is 0 Å². The van der Waals surface area contributed by atoms with Crippen molar-refractivity contribution in [2.24, 2.45) is 23.2 Å². The maximum Gasteiger partial charge on any atom is 0.230 e. The number of benzene rings is 1. The molecule has 4 atom stereocenters. The standard InChI is InChI=1S/C21H25N3O2S/c1-12(25)22-20-24-17-5-4-16(9-18(17)27-20)23-19(26)21-6-2-3-14-7-13(10-21)8-15(14)11-21/h4-5,9,13-15H,2-3,6-8,10-11H2,1H3,(H,23,26)(H,22,24,25). The molecule has 3 fully saturated rings. The van der Waals surface area contributed by atoms with Crippen LogP contribution < -0.4 is 10.6 Å². The Bertz CT molecular complexity index is 923. The predicted octanol–water partition coefficient (Wildman–Crippen LogP) is 4.80. The number of fused-ring (bicyclic) bond motifs is 3. The van der Waals surface area contributed by atoms with E-state index in [1.165, 1.54) is 43.9 Å². The Morgan fingerprint density at radius 2 is 2.04 bits per heavy atom. The summed E-state index contributed by atoms with van der Waals surface area (Å²) in [6, 6.07) is 5.81. The Balaban J connectivity index is 1.38. The van der Waals surface area contributed by atoms with Gasteiger partial charge in [0.05, 0.1) is 15.6 Å². The minimum absolute atomic E-state index is 0.125. The topological polar surface area (TPSA) is 71.1 Å². The fourth-order valence-corrected chi connectivity index (χ4v) is 6.87. The van der Waals surface area contributed by atoms with Crippen LogP contribution in [0, 0.1) is 23.2 Å². The summed E-state index contributed by atoms with van der Waals surface area (Å²) in [5.41, 5.74) is 1.51. The molecule has 3 saturated carbocycles. The summed E-state index contributed by atoms with van der Waals surface area (Å²) in [4.78, 5) is 29.0. The number of hydrogen-bond donors (Lipinski definition) is 2. The summed E-state index contributed by atoms with van der Waals surface area (Å²) in [5, 5.41) is 6.55. The summed E-state index contributed by atoms with van der Waals surface area (Å²) in [6.45, 7) is 1.48. The molecule has 142 valence electrons. The quantitative estimate of drug-likeness (QED) is 0.800. The van der Waals surface area contributed by atoms with Gasteiger partial charge >= 0.3 is 0 Å². The highest BCUT2D eigenvalue weighted by Crippen LogP contribution is 2.59. The third kappa shape index (κ3) is 3.04. The van der Waals surface area contributed by atoms with E-state index >= 15 is 0 Å². The molecule has 5 nitrogen and oxygen atoms in total. The highest BCUT2D eigenvalue weighted by atomic mass is 32.1. The maximum absolute atomic E-state index is 13.3. The fourth-order valence-electron chi connectivity index (χ4n) is 5.92. The first-order chi connectivity index (χ1) is 13.0. The van der Waals surface area contributed by atoms with Crippen LogP contribution in [0.15, 0.2) is 18.2 Å². The number of amides is 2. The number of nitrogens with one attached hydrogen (secondary N) is 2. The van der Waals surface area contributed by atoms with Crippen LogP contribution in [0.25, 0.3) is 10.2 Å². The van der Waals surface area contributed by atoms with Gasteiger partial charge in [-0.15, -0.1) is 0 Å². The number of nitrogens with zero attached hydrogens (tertiary/aromatic N) is 1. The highest BCUT2D eigenvalue weighted by Gasteiger charge is 2.52. The van der Waals surface area contributed by atoms with E-state index in [1.54, 1.807) is 0 Å². The zero-order chi connectivity index (χ0) is 18.6. The third-order valence-corrected chi connectivity index (χ3v) is 7.85. The second kappa shape index (κ2) is 6.30. The van der Waals surface area contributed by atoms with Crippen molar-refractivity contribution in [3.63, 3.8) is 0 Å². The van der Waals surface area contributed by atoms with Gasteiger partial charge in [-0.3, -0.25) is 9.59 Å². The normalized spacial score (nSPS) is 31.7. The molecule has 1 aromatic heterocycles. The Kier molecular flexibility index (Phi) is 4.00. The highest BCUT2D eigenvalue weighted by molar-refractivity contribution is 7.22. The zero-order valence-electron chi connectivity index (χ0n) is 15.6. The molecule has 3 bridgehead atoms. The molecular weight excluding hydrogens is 358 g/mol. The molecule has 2 N–H and O–H groups in total. The first-order valence-electron chi connectivity index (χ1n) is 10.0. The van der Waals surface area contributed by atoms with E-state index in [-0.39, 0.29) is 17.2 Å². The first kappa shape index (κ1) is 17.2. The van der Waals surface area contributed by atoms with E-state index in [4.69, 9.17) is 0 Å². The van der Waals surface area contributed by atoms with Crippen LogP contribution in [-0.4, -0.2) is 16.8 Å². The van der Waals surface area contributed by atoms with Gasteiger partial charge in [0.15, 0.2) is 5.13 Å². The molecule has 0 aliphatic heterocycles. The van der Waals surface area contributed by atoms with E-state index in [9.17, 15) is 9.59 Å². The van der Waals surface area contributed by atoms with Crippen molar-refractivity contribution < 1.29 is 9.59 Å². The molecule has 4 unspecified atom stereocenters. The van der Waals surface area contributed by atoms with Gasteiger partial charge in [-0.1, -0.05) is 24.2 Å². The van der Waals surface area contributed by atoms with Crippen molar-refractivity contribution in [2.75, 3.05) is 10.6 Å². The SMILES string of the molecule is CC(=O)Nc1nc2ccc(NC(=O)C34CCCC5CC(CC5C3)C4)cc2s1. The number of carbonyl (C=O) groups excluding carboxylic acids is 2. The van der Waals surface area contributed by atoms with Gasteiger partial charge in [-0.05, 0) is 68.1 Å². The lowest BCUT2D eigenvalue weighted by Gasteiger charge is -2.38. The number of hydrogen-bond acceptors (Lipinski definition) is 4. The van der Waals surface area contributed by atoms with Crippen LogP contribution in [0.4, 0.5) is 10.8 Å². The molecule has 3 aliphatic rings. The van der Waals surface area contributed by atoms with Gasteiger partial charge < -0.3 is 10.6 Å². The summed E-state index contributed by atoms with van der Waals surface area (Å²) in [5.74, 6) is 2.48. The fraction of sp³-hybridized carbons (Fsp3) is 0.571. The number of aromatic nitrogens is 1. The monoisotopic (exact) mass is 383 g/mol. The van der Waals surface area contributed by atoms with Crippen LogP contribution in [-0.2, 0) is 9.59 Å². The number of thiazole rings is 1. The average molecular weight is 384 g/mol. The van der Waals surface area contributed by atoms with Crippen LogP contribution in [0.2, 0.25) is 0 Å². The Hall–Kier alpha value is -1.95. The molecule has 0 spiro atoms. The molecule has 27 heavy (non-hydrogen) atoms. The van der Waals surface area contributed by atoms with Crippen molar-refractivity contribution in [1.29, 1.82) is 0 Å². The number of rotatable bonds is 3. The molecule has 1 heterocycles.